The van der Waals surface area contributed by atoms with Crippen molar-refractivity contribution in [2.24, 2.45) is 0 Å². The zero-order chi connectivity index (χ0) is 13.5. The van der Waals surface area contributed by atoms with Crippen LogP contribution in [0.15, 0.2) is 11.1 Å². The molecule has 0 atom stereocenters. The summed E-state index contributed by atoms with van der Waals surface area (Å²) in [5.74, 6) is -2.31. The van der Waals surface area contributed by atoms with Crippen LogP contribution in [0, 0.1) is 0 Å². The van der Waals surface area contributed by atoms with Crippen molar-refractivity contribution in [1.29, 1.82) is 0 Å². The molecule has 1 saturated heterocycles. The molecule has 7 heteroatoms. The number of carboxylic acid groups (broad SMARTS) is 2. The number of hydrogen-bond acceptors (Lipinski definition) is 4. The highest BCUT2D eigenvalue weighted by Gasteiger charge is 2.17. The van der Waals surface area contributed by atoms with Crippen LogP contribution >= 0.6 is 12.4 Å². The number of hydrogen-bond donors (Lipinski definition) is 2. The fraction of sp³-hybridized carbons (Fsp3) is 0.667. The van der Waals surface area contributed by atoms with E-state index in [2.05, 4.69) is 4.90 Å². The van der Waals surface area contributed by atoms with Gasteiger partial charge in [-0.3, -0.25) is 4.90 Å². The van der Waals surface area contributed by atoms with E-state index in [0.717, 1.165) is 19.6 Å². The van der Waals surface area contributed by atoms with E-state index in [1.807, 2.05) is 0 Å². The minimum Gasteiger partial charge on any atom is -0.478 e. The normalized spacial score (nSPS) is 17.3. The standard InChI is InChI=1S/C12H19NO5.ClH/c1-9(11(14)15)10(12(16)17)3-2-4-13-5-7-18-8-6-13;/h2-8H2,1H3,(H,14,15)(H,16,17);1H/b10-9+;. The van der Waals surface area contributed by atoms with Gasteiger partial charge in [-0.25, -0.2) is 9.59 Å². The molecule has 110 valence electrons. The Bertz CT molecular complexity index is 350. The van der Waals surface area contributed by atoms with Gasteiger partial charge in [0, 0.05) is 24.2 Å². The number of nitrogens with zero attached hydrogens (tertiary/aromatic N) is 1. The molecule has 0 unspecified atom stereocenters. The lowest BCUT2D eigenvalue weighted by Crippen LogP contribution is -2.36. The lowest BCUT2D eigenvalue weighted by Gasteiger charge is -2.26. The Morgan fingerprint density at radius 2 is 1.74 bits per heavy atom. The second-order valence-corrected chi connectivity index (χ2v) is 4.27. The molecule has 0 aliphatic carbocycles. The molecule has 0 radical (unpaired) electrons. The Balaban J connectivity index is 0.00000324. The van der Waals surface area contributed by atoms with E-state index in [1.54, 1.807) is 0 Å². The predicted octanol–water partition coefficient (Wildman–Crippen LogP) is 1.01. The van der Waals surface area contributed by atoms with Gasteiger partial charge in [0.15, 0.2) is 0 Å². The number of morpholine rings is 1. The molecule has 19 heavy (non-hydrogen) atoms. The highest BCUT2D eigenvalue weighted by Crippen LogP contribution is 2.13. The number of rotatable bonds is 6. The molecule has 1 rings (SSSR count). The van der Waals surface area contributed by atoms with E-state index < -0.39 is 11.9 Å². The zero-order valence-electron chi connectivity index (χ0n) is 10.9. The van der Waals surface area contributed by atoms with Crippen molar-refractivity contribution < 1.29 is 24.5 Å². The summed E-state index contributed by atoms with van der Waals surface area (Å²) in [4.78, 5) is 23.9. The van der Waals surface area contributed by atoms with Crippen molar-refractivity contribution in [2.75, 3.05) is 32.8 Å². The van der Waals surface area contributed by atoms with E-state index in [9.17, 15) is 9.59 Å². The van der Waals surface area contributed by atoms with Crippen LogP contribution in [0.5, 0.6) is 0 Å². The van der Waals surface area contributed by atoms with Crippen molar-refractivity contribution in [2.45, 2.75) is 19.8 Å². The maximum absolute atomic E-state index is 11.0. The van der Waals surface area contributed by atoms with Gasteiger partial charge in [-0.2, -0.15) is 0 Å². The minimum absolute atomic E-state index is 0. The fourth-order valence-corrected chi connectivity index (χ4v) is 1.89. The lowest BCUT2D eigenvalue weighted by atomic mass is 10.0. The quantitative estimate of drug-likeness (QED) is 0.711. The van der Waals surface area contributed by atoms with Gasteiger partial charge >= 0.3 is 11.9 Å². The van der Waals surface area contributed by atoms with Crippen molar-refractivity contribution in [3.8, 4) is 0 Å². The number of ether oxygens (including phenoxy) is 1. The van der Waals surface area contributed by atoms with E-state index in [-0.39, 0.29) is 30.0 Å². The summed E-state index contributed by atoms with van der Waals surface area (Å²) in [5.41, 5.74) is -0.0831. The monoisotopic (exact) mass is 293 g/mol. The molecule has 2 N–H and O–H groups in total. The molecule has 1 heterocycles. The smallest absolute Gasteiger partial charge is 0.332 e. The summed E-state index contributed by atoms with van der Waals surface area (Å²) in [6, 6.07) is 0. The summed E-state index contributed by atoms with van der Waals surface area (Å²) in [5, 5.41) is 17.8. The number of carboxylic acids is 2. The van der Waals surface area contributed by atoms with Gasteiger partial charge in [0.1, 0.15) is 0 Å². The van der Waals surface area contributed by atoms with Crippen LogP contribution in [-0.4, -0.2) is 59.9 Å². The lowest BCUT2D eigenvalue weighted by molar-refractivity contribution is -0.136. The Morgan fingerprint density at radius 3 is 2.21 bits per heavy atom. The van der Waals surface area contributed by atoms with Crippen molar-refractivity contribution in [3.05, 3.63) is 11.1 Å². The first kappa shape index (κ1) is 17.9. The molecule has 1 aliphatic rings. The van der Waals surface area contributed by atoms with Gasteiger partial charge in [0.25, 0.3) is 0 Å². The summed E-state index contributed by atoms with van der Waals surface area (Å²) >= 11 is 0. The summed E-state index contributed by atoms with van der Waals surface area (Å²) in [6.45, 7) is 5.22. The van der Waals surface area contributed by atoms with Crippen molar-refractivity contribution in [1.82, 2.24) is 4.90 Å². The molecule has 0 aromatic rings. The van der Waals surface area contributed by atoms with Crippen molar-refractivity contribution in [3.63, 3.8) is 0 Å². The van der Waals surface area contributed by atoms with Gasteiger partial charge in [0.2, 0.25) is 0 Å². The maximum Gasteiger partial charge on any atom is 0.332 e. The van der Waals surface area contributed by atoms with Crippen LogP contribution in [0.2, 0.25) is 0 Å². The van der Waals surface area contributed by atoms with E-state index in [4.69, 9.17) is 14.9 Å². The highest BCUT2D eigenvalue weighted by atomic mass is 35.5. The molecule has 0 spiro atoms. The van der Waals surface area contributed by atoms with E-state index in [0.29, 0.717) is 19.6 Å². The summed E-state index contributed by atoms with van der Waals surface area (Å²) < 4.78 is 5.21. The third-order valence-corrected chi connectivity index (χ3v) is 3.04. The molecular formula is C12H20ClNO5. The third-order valence-electron chi connectivity index (χ3n) is 3.04. The summed E-state index contributed by atoms with van der Waals surface area (Å²) in [7, 11) is 0. The average Bonchev–Trinajstić information content (AvgIpc) is 2.34. The minimum atomic E-state index is -1.17. The summed E-state index contributed by atoms with van der Waals surface area (Å²) in [6.07, 6.45) is 0.928. The second kappa shape index (κ2) is 8.90. The van der Waals surface area contributed by atoms with Gasteiger partial charge in [0.05, 0.1) is 13.2 Å². The fourth-order valence-electron chi connectivity index (χ4n) is 1.89. The molecule has 0 bridgehead atoms. The van der Waals surface area contributed by atoms with Crippen LogP contribution in [0.3, 0.4) is 0 Å². The molecule has 0 amide bonds. The van der Waals surface area contributed by atoms with Gasteiger partial charge in [-0.05, 0) is 26.3 Å². The van der Waals surface area contributed by atoms with Gasteiger partial charge in [-0.15, -0.1) is 12.4 Å². The SMILES string of the molecule is C/C(C(=O)O)=C(/CCCN1CCOCC1)C(=O)O.Cl. The molecule has 0 aromatic carbocycles. The number of aliphatic carboxylic acids is 2. The average molecular weight is 294 g/mol. The van der Waals surface area contributed by atoms with Crippen LogP contribution in [0.4, 0.5) is 0 Å². The largest absolute Gasteiger partial charge is 0.478 e. The van der Waals surface area contributed by atoms with Gasteiger partial charge < -0.3 is 14.9 Å². The van der Waals surface area contributed by atoms with Gasteiger partial charge in [-0.1, -0.05) is 0 Å². The molecule has 0 aromatic heterocycles. The Kier molecular flexibility index (Phi) is 8.38. The van der Waals surface area contributed by atoms with Crippen LogP contribution in [-0.2, 0) is 14.3 Å². The predicted molar refractivity (Wildman–Crippen MR) is 71.7 cm³/mol. The Labute approximate surface area is 118 Å². The molecular weight excluding hydrogens is 274 g/mol. The molecule has 0 saturated carbocycles. The van der Waals surface area contributed by atoms with Crippen LogP contribution in [0.1, 0.15) is 19.8 Å². The Morgan fingerprint density at radius 1 is 1.16 bits per heavy atom. The highest BCUT2D eigenvalue weighted by molar-refractivity contribution is 5.98. The molecule has 1 aliphatic heterocycles. The number of halogens is 1. The first-order valence-corrected chi connectivity index (χ1v) is 5.99. The van der Waals surface area contributed by atoms with Crippen LogP contribution in [0.25, 0.3) is 0 Å². The first-order valence-electron chi connectivity index (χ1n) is 5.99. The third kappa shape index (κ3) is 6.04. The second-order valence-electron chi connectivity index (χ2n) is 4.27. The first-order chi connectivity index (χ1) is 8.52. The zero-order valence-corrected chi connectivity index (χ0v) is 11.7. The van der Waals surface area contributed by atoms with Crippen molar-refractivity contribution >= 4 is 24.3 Å². The van der Waals surface area contributed by atoms with E-state index >= 15 is 0 Å². The Hall–Kier alpha value is -1.11. The van der Waals surface area contributed by atoms with Crippen LogP contribution < -0.4 is 0 Å². The van der Waals surface area contributed by atoms with E-state index in [1.165, 1.54) is 6.92 Å². The number of carbonyl (C=O) groups is 2. The molecule has 6 nitrogen and oxygen atoms in total. The molecule has 1 fully saturated rings. The maximum atomic E-state index is 11.0. The topological polar surface area (TPSA) is 87.1 Å².